The van der Waals surface area contributed by atoms with Crippen LogP contribution in [0.3, 0.4) is 0 Å². The number of para-hydroxylation sites is 1. The predicted octanol–water partition coefficient (Wildman–Crippen LogP) is 2.79. The Bertz CT molecular complexity index is 844. The van der Waals surface area contributed by atoms with E-state index in [0.717, 1.165) is 56.2 Å². The fraction of sp³-hybridized carbons (Fsp3) is 0.565. The van der Waals surface area contributed by atoms with Gasteiger partial charge in [0.2, 0.25) is 5.89 Å². The van der Waals surface area contributed by atoms with Crippen LogP contribution in [-0.2, 0) is 13.1 Å². The Morgan fingerprint density at radius 2 is 1.84 bits per heavy atom. The third-order valence-electron chi connectivity index (χ3n) is 5.49. The molecule has 1 fully saturated rings. The molecule has 1 N–H and O–H groups in total. The van der Waals surface area contributed by atoms with Gasteiger partial charge in [0.05, 0.1) is 20.8 Å². The van der Waals surface area contributed by atoms with Crippen molar-refractivity contribution in [1.82, 2.24) is 20.1 Å². The smallest absolute Gasteiger partial charge is 0.273 e. The number of nitrogens with one attached hydrogen (secondary N) is 1. The summed E-state index contributed by atoms with van der Waals surface area (Å²) in [7, 11) is 3.33. The van der Waals surface area contributed by atoms with Crippen molar-refractivity contribution in [2.45, 2.75) is 33.4 Å². The molecule has 0 spiro atoms. The molecule has 8 nitrogen and oxygen atoms in total. The largest absolute Gasteiger partial charge is 0.493 e. The molecule has 2 aromatic rings. The van der Waals surface area contributed by atoms with Gasteiger partial charge in [-0.05, 0) is 18.4 Å². The van der Waals surface area contributed by atoms with Crippen LogP contribution >= 0.6 is 0 Å². The number of methoxy groups -OCH3 is 2. The summed E-state index contributed by atoms with van der Waals surface area (Å²) in [5, 5.41) is 2.89. The van der Waals surface area contributed by atoms with Gasteiger partial charge in [-0.25, -0.2) is 4.98 Å². The highest BCUT2D eigenvalue weighted by atomic mass is 16.5. The number of carbonyl (C=O) groups excluding carboxylic acids is 1. The Labute approximate surface area is 184 Å². The Hall–Kier alpha value is -2.58. The molecule has 8 heteroatoms. The van der Waals surface area contributed by atoms with E-state index in [4.69, 9.17) is 13.9 Å². The monoisotopic (exact) mass is 430 g/mol. The first-order chi connectivity index (χ1) is 15.0. The molecular weight excluding hydrogens is 396 g/mol. The zero-order valence-electron chi connectivity index (χ0n) is 19.0. The number of nitrogens with zero attached hydrogens (tertiary/aromatic N) is 3. The van der Waals surface area contributed by atoms with Crippen LogP contribution in [0, 0.1) is 5.92 Å². The van der Waals surface area contributed by atoms with E-state index in [1.54, 1.807) is 14.2 Å². The van der Waals surface area contributed by atoms with Crippen molar-refractivity contribution in [3.05, 3.63) is 41.6 Å². The molecule has 2 heterocycles. The van der Waals surface area contributed by atoms with Crippen molar-refractivity contribution in [3.63, 3.8) is 0 Å². The highest BCUT2D eigenvalue weighted by molar-refractivity contribution is 5.91. The number of rotatable bonds is 10. The van der Waals surface area contributed by atoms with E-state index in [2.05, 4.69) is 40.0 Å². The lowest BCUT2D eigenvalue weighted by Gasteiger charge is -2.34. The van der Waals surface area contributed by atoms with Gasteiger partial charge in [-0.3, -0.25) is 14.6 Å². The zero-order valence-corrected chi connectivity index (χ0v) is 19.0. The average molecular weight is 431 g/mol. The summed E-state index contributed by atoms with van der Waals surface area (Å²) in [6.45, 7) is 10.0. The van der Waals surface area contributed by atoms with E-state index in [9.17, 15) is 4.79 Å². The summed E-state index contributed by atoms with van der Waals surface area (Å²) in [5.41, 5.74) is 1.47. The molecule has 1 aliphatic heterocycles. The van der Waals surface area contributed by atoms with Crippen LogP contribution in [0.1, 0.15) is 42.2 Å². The molecule has 0 atom stereocenters. The molecular formula is C23H34N4O4. The van der Waals surface area contributed by atoms with Gasteiger partial charge >= 0.3 is 0 Å². The summed E-state index contributed by atoms with van der Waals surface area (Å²) >= 11 is 0. The number of aromatic nitrogens is 1. The summed E-state index contributed by atoms with van der Waals surface area (Å²) in [6, 6.07) is 5.98. The second kappa shape index (κ2) is 11.2. The Morgan fingerprint density at radius 3 is 2.48 bits per heavy atom. The molecule has 0 radical (unpaired) electrons. The second-order valence-electron chi connectivity index (χ2n) is 8.27. The maximum atomic E-state index is 12.2. The molecule has 0 unspecified atom stereocenters. The predicted molar refractivity (Wildman–Crippen MR) is 118 cm³/mol. The molecule has 0 bridgehead atoms. The standard InChI is InChI=1S/C23H34N4O4/c1-17(2)8-9-24-23(28)19-16-31-21(25-19)15-27-12-10-26(11-13-27)14-18-6-5-7-20(29-3)22(18)30-4/h5-7,16-17H,8-15H2,1-4H3,(H,24,28). The van der Waals surface area contributed by atoms with E-state index in [1.165, 1.54) is 6.26 Å². The lowest BCUT2D eigenvalue weighted by Crippen LogP contribution is -2.45. The van der Waals surface area contributed by atoms with Crippen LogP contribution in [-0.4, -0.2) is 67.6 Å². The van der Waals surface area contributed by atoms with Gasteiger partial charge < -0.3 is 19.2 Å². The van der Waals surface area contributed by atoms with Gasteiger partial charge in [-0.1, -0.05) is 26.0 Å². The fourth-order valence-electron chi connectivity index (χ4n) is 3.67. The molecule has 0 saturated carbocycles. The lowest BCUT2D eigenvalue weighted by molar-refractivity contribution is 0.0946. The summed E-state index contributed by atoms with van der Waals surface area (Å²) in [6.07, 6.45) is 2.40. The Balaban J connectivity index is 1.47. The van der Waals surface area contributed by atoms with Crippen LogP contribution in [0.5, 0.6) is 11.5 Å². The maximum absolute atomic E-state index is 12.2. The molecule has 0 aliphatic carbocycles. The van der Waals surface area contributed by atoms with Crippen molar-refractivity contribution in [1.29, 1.82) is 0 Å². The average Bonchev–Trinajstić information content (AvgIpc) is 3.23. The topological polar surface area (TPSA) is 80.1 Å². The van der Waals surface area contributed by atoms with E-state index < -0.39 is 0 Å². The molecule has 1 aromatic carbocycles. The van der Waals surface area contributed by atoms with Crippen molar-refractivity contribution in [2.75, 3.05) is 46.9 Å². The third-order valence-corrected chi connectivity index (χ3v) is 5.49. The van der Waals surface area contributed by atoms with Gasteiger partial charge in [0.25, 0.3) is 5.91 Å². The van der Waals surface area contributed by atoms with E-state index >= 15 is 0 Å². The van der Waals surface area contributed by atoms with Crippen LogP contribution in [0.2, 0.25) is 0 Å². The highest BCUT2D eigenvalue weighted by Crippen LogP contribution is 2.31. The molecule has 1 amide bonds. The minimum Gasteiger partial charge on any atom is -0.493 e. The maximum Gasteiger partial charge on any atom is 0.273 e. The second-order valence-corrected chi connectivity index (χ2v) is 8.27. The third kappa shape index (κ3) is 6.45. The number of hydrogen-bond donors (Lipinski definition) is 1. The normalized spacial score (nSPS) is 15.3. The van der Waals surface area contributed by atoms with Crippen LogP contribution in [0.15, 0.2) is 28.9 Å². The van der Waals surface area contributed by atoms with Gasteiger partial charge in [0, 0.05) is 44.8 Å². The number of benzene rings is 1. The zero-order chi connectivity index (χ0) is 22.2. The quantitative estimate of drug-likeness (QED) is 0.621. The van der Waals surface area contributed by atoms with Crippen LogP contribution < -0.4 is 14.8 Å². The van der Waals surface area contributed by atoms with Gasteiger partial charge in [-0.2, -0.15) is 0 Å². The number of hydrogen-bond acceptors (Lipinski definition) is 7. The first kappa shape index (κ1) is 23.1. The van der Waals surface area contributed by atoms with Crippen LogP contribution in [0.25, 0.3) is 0 Å². The minimum atomic E-state index is -0.173. The van der Waals surface area contributed by atoms with Gasteiger partial charge in [-0.15, -0.1) is 0 Å². The molecule has 1 aromatic heterocycles. The van der Waals surface area contributed by atoms with Crippen molar-refractivity contribution in [2.24, 2.45) is 5.92 Å². The fourth-order valence-corrected chi connectivity index (χ4v) is 3.67. The summed E-state index contributed by atoms with van der Waals surface area (Å²) in [5.74, 6) is 2.51. The number of oxazole rings is 1. The SMILES string of the molecule is COc1cccc(CN2CCN(Cc3nc(C(=O)NCCC(C)C)co3)CC2)c1OC. The van der Waals surface area contributed by atoms with Crippen LogP contribution in [0.4, 0.5) is 0 Å². The first-order valence-corrected chi connectivity index (χ1v) is 10.9. The van der Waals surface area contributed by atoms with Crippen molar-refractivity contribution in [3.8, 4) is 11.5 Å². The van der Waals surface area contributed by atoms with Gasteiger partial charge in [0.15, 0.2) is 17.2 Å². The number of ether oxygens (including phenoxy) is 2. The molecule has 170 valence electrons. The lowest BCUT2D eigenvalue weighted by atomic mass is 10.1. The van der Waals surface area contributed by atoms with E-state index in [0.29, 0.717) is 30.6 Å². The van der Waals surface area contributed by atoms with Crippen molar-refractivity contribution >= 4 is 5.91 Å². The van der Waals surface area contributed by atoms with E-state index in [1.807, 2.05) is 12.1 Å². The molecule has 31 heavy (non-hydrogen) atoms. The Morgan fingerprint density at radius 1 is 1.13 bits per heavy atom. The first-order valence-electron chi connectivity index (χ1n) is 10.9. The highest BCUT2D eigenvalue weighted by Gasteiger charge is 2.21. The van der Waals surface area contributed by atoms with E-state index in [-0.39, 0.29) is 5.91 Å². The molecule has 1 saturated heterocycles. The minimum absolute atomic E-state index is 0.173. The summed E-state index contributed by atoms with van der Waals surface area (Å²) in [4.78, 5) is 21.2. The molecule has 3 rings (SSSR count). The number of amides is 1. The number of carbonyl (C=O) groups is 1. The Kier molecular flexibility index (Phi) is 8.31. The summed E-state index contributed by atoms with van der Waals surface area (Å²) < 4.78 is 16.5. The molecule has 1 aliphatic rings. The van der Waals surface area contributed by atoms with Gasteiger partial charge in [0.1, 0.15) is 6.26 Å². The number of piperazine rings is 1. The van der Waals surface area contributed by atoms with Crippen molar-refractivity contribution < 1.29 is 18.7 Å².